The Kier molecular flexibility index (Phi) is 6.62. The van der Waals surface area contributed by atoms with Gasteiger partial charge in [0.2, 0.25) is 0 Å². The van der Waals surface area contributed by atoms with Crippen molar-refractivity contribution >= 4 is 50.6 Å². The fourth-order valence-electron chi connectivity index (χ4n) is 2.75. The molecule has 0 saturated heterocycles. The van der Waals surface area contributed by atoms with E-state index in [9.17, 15) is 35.9 Å². The molecule has 2 N–H and O–H groups in total. The molecule has 3 aromatic rings. The van der Waals surface area contributed by atoms with Crippen LogP contribution < -0.4 is 9.62 Å². The smallest absolute Gasteiger partial charge is 0.427 e. The predicted octanol–water partition coefficient (Wildman–Crippen LogP) is 5.40. The maximum Gasteiger partial charge on any atom is 0.427 e. The van der Waals surface area contributed by atoms with E-state index in [2.05, 4.69) is 10.3 Å². The van der Waals surface area contributed by atoms with Gasteiger partial charge in [-0.1, -0.05) is 11.6 Å². The molecule has 1 atom stereocenters. The molecule has 1 amide bonds. The van der Waals surface area contributed by atoms with Gasteiger partial charge in [0.05, 0.1) is 22.3 Å². The van der Waals surface area contributed by atoms with E-state index in [0.29, 0.717) is 24.3 Å². The Morgan fingerprint density at radius 1 is 1.12 bits per heavy atom. The Labute approximate surface area is 187 Å². The van der Waals surface area contributed by atoms with Crippen molar-refractivity contribution < 1.29 is 35.9 Å². The first-order valence-corrected chi connectivity index (χ1v) is 11.3. The van der Waals surface area contributed by atoms with Gasteiger partial charge >= 0.3 is 6.09 Å². The number of thiazole rings is 1. The summed E-state index contributed by atoms with van der Waals surface area (Å²) >= 11 is 6.97. The molecule has 3 rings (SSSR count). The zero-order chi connectivity index (χ0) is 23.8. The van der Waals surface area contributed by atoms with E-state index in [-0.39, 0.29) is 20.6 Å². The third kappa shape index (κ3) is 4.49. The van der Waals surface area contributed by atoms with Crippen LogP contribution in [-0.4, -0.2) is 24.6 Å². The molecule has 7 nitrogen and oxygen atoms in total. The number of anilines is 2. The van der Waals surface area contributed by atoms with Crippen LogP contribution in [0.1, 0.15) is 18.5 Å². The molecule has 170 valence electrons. The average molecular weight is 510 g/mol. The summed E-state index contributed by atoms with van der Waals surface area (Å²) in [5, 5.41) is 12.7. The normalized spacial score (nSPS) is 12.4. The molecule has 32 heavy (non-hydrogen) atoms. The average Bonchev–Trinajstić information content (AvgIpc) is 3.20. The zero-order valence-electron chi connectivity index (χ0n) is 15.8. The van der Waals surface area contributed by atoms with Crippen LogP contribution in [0.5, 0.6) is 0 Å². The number of sulfonamides is 1. The van der Waals surface area contributed by atoms with Crippen LogP contribution in [0.25, 0.3) is 0 Å². The fourth-order valence-corrected chi connectivity index (χ4v) is 4.93. The molecular formula is C18H12ClF4N3O4S2. The van der Waals surface area contributed by atoms with Crippen LogP contribution in [0.2, 0.25) is 5.02 Å². The third-order valence-electron chi connectivity index (χ3n) is 4.22. The van der Waals surface area contributed by atoms with Gasteiger partial charge in [-0.25, -0.2) is 35.8 Å². The number of rotatable bonds is 6. The lowest BCUT2D eigenvalue weighted by Crippen LogP contribution is -2.36. The lowest BCUT2D eigenvalue weighted by Gasteiger charge is -2.20. The molecule has 2 aromatic carbocycles. The zero-order valence-corrected chi connectivity index (χ0v) is 18.2. The highest BCUT2D eigenvalue weighted by molar-refractivity contribution is 7.93. The first-order chi connectivity index (χ1) is 14.9. The Bertz CT molecular complexity index is 1290. The third-order valence-corrected chi connectivity index (χ3v) is 6.80. The molecule has 0 saturated carbocycles. The second kappa shape index (κ2) is 8.92. The monoisotopic (exact) mass is 509 g/mol. The number of halogens is 5. The van der Waals surface area contributed by atoms with Gasteiger partial charge in [-0.3, -0.25) is 0 Å². The lowest BCUT2D eigenvalue weighted by atomic mass is 10.1. The van der Waals surface area contributed by atoms with Crippen LogP contribution in [0.4, 0.5) is 33.9 Å². The highest BCUT2D eigenvalue weighted by atomic mass is 35.5. The van der Waals surface area contributed by atoms with Gasteiger partial charge in [-0.15, -0.1) is 15.6 Å². The number of nitrogens with one attached hydrogen (secondary N) is 1. The van der Waals surface area contributed by atoms with Crippen molar-refractivity contribution in [2.24, 2.45) is 0 Å². The van der Waals surface area contributed by atoms with E-state index in [4.69, 9.17) is 11.6 Å². The fraction of sp³-hybridized carbons (Fsp3) is 0.111. The van der Waals surface area contributed by atoms with Crippen LogP contribution in [0, 0.1) is 23.3 Å². The second-order valence-corrected chi connectivity index (χ2v) is 9.20. The van der Waals surface area contributed by atoms with Crippen LogP contribution in [0.3, 0.4) is 0 Å². The quantitative estimate of drug-likeness (QED) is 0.341. The van der Waals surface area contributed by atoms with E-state index < -0.39 is 56.1 Å². The van der Waals surface area contributed by atoms with Crippen molar-refractivity contribution in [2.75, 3.05) is 9.62 Å². The molecule has 0 aliphatic heterocycles. The van der Waals surface area contributed by atoms with Gasteiger partial charge in [0.1, 0.15) is 16.5 Å². The molecule has 1 unspecified atom stereocenters. The molecule has 0 radical (unpaired) electrons. The Morgan fingerprint density at radius 3 is 2.38 bits per heavy atom. The van der Waals surface area contributed by atoms with Crippen molar-refractivity contribution in [1.82, 2.24) is 4.98 Å². The summed E-state index contributed by atoms with van der Waals surface area (Å²) in [7, 11) is -4.95. The predicted molar refractivity (Wildman–Crippen MR) is 110 cm³/mol. The number of carbonyl (C=O) groups is 1. The highest BCUT2D eigenvalue weighted by Gasteiger charge is 2.35. The maximum absolute atomic E-state index is 14.7. The van der Waals surface area contributed by atoms with Crippen molar-refractivity contribution in [2.45, 2.75) is 17.9 Å². The SMILES string of the molecule is CC(Nc1cc(F)c(S(=O)(=O)N(C(=O)O)c2cscn2)cc1Cl)c1cc(F)c(F)cc1F. The number of aromatic nitrogens is 1. The topological polar surface area (TPSA) is 99.6 Å². The van der Waals surface area contributed by atoms with E-state index in [1.54, 1.807) is 0 Å². The summed E-state index contributed by atoms with van der Waals surface area (Å²) in [4.78, 5) is 14.1. The van der Waals surface area contributed by atoms with E-state index in [0.717, 1.165) is 16.7 Å². The minimum Gasteiger partial charge on any atom is -0.464 e. The molecule has 1 heterocycles. The van der Waals surface area contributed by atoms with E-state index in [1.165, 1.54) is 12.4 Å². The number of benzene rings is 2. The molecule has 14 heteroatoms. The van der Waals surface area contributed by atoms with Crippen molar-refractivity contribution in [3.8, 4) is 0 Å². The van der Waals surface area contributed by atoms with Crippen LogP contribution >= 0.6 is 22.9 Å². The Hall–Kier alpha value is -2.90. The van der Waals surface area contributed by atoms with Crippen LogP contribution in [-0.2, 0) is 10.0 Å². The van der Waals surface area contributed by atoms with Gasteiger partial charge in [-0.2, -0.15) is 0 Å². The number of hydrogen-bond donors (Lipinski definition) is 2. The van der Waals surface area contributed by atoms with Crippen molar-refractivity contribution in [3.05, 3.63) is 69.0 Å². The first-order valence-electron chi connectivity index (χ1n) is 8.50. The van der Waals surface area contributed by atoms with Gasteiger partial charge in [0.25, 0.3) is 10.0 Å². The standard InChI is InChI=1S/C18H12ClF4N3O4S2/c1-8(9-2-12(21)13(22)4-11(9)20)25-15-5-14(23)16(3-10(15)19)32(29,30)26(18(27)28)17-6-31-7-24-17/h2-8,25H,1H3,(H,27,28). The summed E-state index contributed by atoms with van der Waals surface area (Å²) in [6.07, 6.45) is -1.92. The molecule has 1 aromatic heterocycles. The lowest BCUT2D eigenvalue weighted by molar-refractivity contribution is 0.206. The summed E-state index contributed by atoms with van der Waals surface area (Å²) in [5.41, 5.74) is 0.698. The van der Waals surface area contributed by atoms with Gasteiger partial charge in [0, 0.05) is 17.0 Å². The van der Waals surface area contributed by atoms with Crippen LogP contribution in [0.15, 0.2) is 40.1 Å². The number of amides is 1. The van der Waals surface area contributed by atoms with Crippen molar-refractivity contribution in [1.29, 1.82) is 0 Å². The number of nitrogens with zero attached hydrogens (tertiary/aromatic N) is 2. The second-order valence-electron chi connectivity index (χ2n) is 6.31. The Morgan fingerprint density at radius 2 is 1.78 bits per heavy atom. The summed E-state index contributed by atoms with van der Waals surface area (Å²) < 4.78 is 80.8. The molecular weight excluding hydrogens is 498 g/mol. The minimum atomic E-state index is -4.95. The maximum atomic E-state index is 14.7. The van der Waals surface area contributed by atoms with E-state index in [1.807, 2.05) is 0 Å². The largest absolute Gasteiger partial charge is 0.464 e. The summed E-state index contributed by atoms with van der Waals surface area (Å²) in [6.45, 7) is 1.35. The Balaban J connectivity index is 1.98. The molecule has 0 aliphatic carbocycles. The van der Waals surface area contributed by atoms with Crippen molar-refractivity contribution in [3.63, 3.8) is 0 Å². The minimum absolute atomic E-state index is 0.107. The van der Waals surface area contributed by atoms with Gasteiger partial charge < -0.3 is 10.4 Å². The first kappa shape index (κ1) is 23.8. The van der Waals surface area contributed by atoms with E-state index >= 15 is 0 Å². The molecule has 0 aliphatic rings. The van der Waals surface area contributed by atoms with Gasteiger partial charge in [-0.05, 0) is 25.1 Å². The summed E-state index contributed by atoms with van der Waals surface area (Å²) in [5.74, 6) is -5.58. The highest BCUT2D eigenvalue weighted by Crippen LogP contribution is 2.34. The number of carboxylic acid groups (broad SMARTS) is 1. The summed E-state index contributed by atoms with van der Waals surface area (Å²) in [6, 6.07) is 1.26. The molecule has 0 fully saturated rings. The molecule has 0 bridgehead atoms. The molecule has 0 spiro atoms. The van der Waals surface area contributed by atoms with Gasteiger partial charge in [0.15, 0.2) is 17.5 Å². The number of hydrogen-bond acceptors (Lipinski definition) is 6.